The van der Waals surface area contributed by atoms with Crippen LogP contribution >= 0.6 is 0 Å². The van der Waals surface area contributed by atoms with Gasteiger partial charge in [0.2, 0.25) is 5.91 Å². The molecule has 222 valence electrons. The van der Waals surface area contributed by atoms with E-state index in [4.69, 9.17) is 0 Å². The van der Waals surface area contributed by atoms with Gasteiger partial charge in [0, 0.05) is 25.4 Å². The molecule has 0 aliphatic heterocycles. The predicted molar refractivity (Wildman–Crippen MR) is 133 cm³/mol. The second-order valence-electron chi connectivity index (χ2n) is 9.81. The van der Waals surface area contributed by atoms with Crippen LogP contribution in [0.25, 0.3) is 0 Å². The Bertz CT molecular complexity index is 834. The van der Waals surface area contributed by atoms with Gasteiger partial charge in [-0.15, -0.1) is 0 Å². The summed E-state index contributed by atoms with van der Waals surface area (Å²) in [5.74, 6) is -7.33. The Balaban J connectivity index is -0.00000114. The maximum Gasteiger partial charge on any atom is 1.00 e. The van der Waals surface area contributed by atoms with Gasteiger partial charge in [-0.2, -0.15) is 0 Å². The van der Waals surface area contributed by atoms with E-state index >= 15 is 0 Å². The molecule has 1 amide bonds. The van der Waals surface area contributed by atoms with E-state index in [1.165, 1.54) is 57.8 Å². The molecule has 0 aromatic heterocycles. The minimum Gasteiger partial charge on any atom is -0.747 e. The van der Waals surface area contributed by atoms with Crippen molar-refractivity contribution in [2.75, 3.05) is 6.54 Å². The summed E-state index contributed by atoms with van der Waals surface area (Å²) in [6, 6.07) is -2.00. The number of nitrogens with zero attached hydrogens (tertiary/aromatic N) is 1. The normalized spacial score (nSPS) is 11.9. The summed E-state index contributed by atoms with van der Waals surface area (Å²) in [6.07, 6.45) is 14.9. The van der Waals surface area contributed by atoms with Gasteiger partial charge in [0.15, 0.2) is 0 Å². The maximum absolute atomic E-state index is 12.6. The number of unbranched alkanes of at least 4 members (excludes halogenated alkanes) is 15. The molecule has 0 radical (unpaired) electrons. The number of hydrogen-bond donors (Lipinski definition) is 0. The second-order valence-corrected chi connectivity index (χ2v) is 11.4. The van der Waals surface area contributed by atoms with Crippen LogP contribution in [0.1, 0.15) is 122 Å². The molecule has 0 fully saturated rings. The molecule has 2 atom stereocenters. The smallest absolute Gasteiger partial charge is 0.747 e. The van der Waals surface area contributed by atoms with Crippen molar-refractivity contribution in [3.05, 3.63) is 0 Å². The molecule has 0 aromatic rings. The summed E-state index contributed by atoms with van der Waals surface area (Å²) in [5, 5.41) is 30.7. The Hall–Kier alpha value is 1.79. The Labute approximate surface area is 340 Å². The predicted octanol–water partition coefficient (Wildman–Crippen LogP) is -11.6. The molecule has 16 heteroatoms. The molecule has 0 heterocycles. The van der Waals surface area contributed by atoms with E-state index in [9.17, 15) is 47.5 Å². The molecule has 0 aromatic carbocycles. The van der Waals surface area contributed by atoms with Gasteiger partial charge in [0.25, 0.3) is 0 Å². The number of aliphatic carboxylic acids is 3. The summed E-state index contributed by atoms with van der Waals surface area (Å²) in [5.41, 5.74) is 0. The topological polar surface area (TPSA) is 198 Å². The fourth-order valence-corrected chi connectivity index (χ4v) is 4.92. The number of carbonyl (C=O) groups is 4. The van der Waals surface area contributed by atoms with Gasteiger partial charge in [-0.1, -0.05) is 103 Å². The summed E-state index contributed by atoms with van der Waals surface area (Å²) < 4.78 is 33.4. The first kappa shape index (κ1) is 53.3. The van der Waals surface area contributed by atoms with Crippen molar-refractivity contribution < 1.29 is 166 Å². The summed E-state index contributed by atoms with van der Waals surface area (Å²) in [7, 11) is -5.46. The van der Waals surface area contributed by atoms with E-state index in [0.717, 1.165) is 32.1 Å². The van der Waals surface area contributed by atoms with Gasteiger partial charge in [-0.3, -0.25) is 4.79 Å². The molecule has 0 bridgehead atoms. The van der Waals surface area contributed by atoms with Crippen molar-refractivity contribution in [2.24, 2.45) is 0 Å². The zero-order chi connectivity index (χ0) is 29.0. The molecule has 42 heavy (non-hydrogen) atoms. The summed E-state index contributed by atoms with van der Waals surface area (Å²) in [6.45, 7) is 1.94. The van der Waals surface area contributed by atoms with E-state index in [2.05, 4.69) is 6.92 Å². The maximum atomic E-state index is 12.6. The quantitative estimate of drug-likeness (QED) is 0.0518. The van der Waals surface area contributed by atoms with Crippen molar-refractivity contribution in [2.45, 2.75) is 134 Å². The first-order valence-corrected chi connectivity index (χ1v) is 15.2. The zero-order valence-electron chi connectivity index (χ0n) is 26.5. The molecule has 0 saturated carbocycles. The molecule has 0 aliphatic carbocycles. The van der Waals surface area contributed by atoms with Crippen molar-refractivity contribution in [3.63, 3.8) is 0 Å². The first-order valence-electron chi connectivity index (χ1n) is 13.8. The molecular formula is C26H43NNa4O10S. The third-order valence-corrected chi connectivity index (χ3v) is 7.61. The van der Waals surface area contributed by atoms with Gasteiger partial charge >= 0.3 is 118 Å². The molecule has 0 N–H and O–H groups in total. The largest absolute Gasteiger partial charge is 1.00 e. The van der Waals surface area contributed by atoms with Crippen LogP contribution in [-0.4, -0.2) is 59.5 Å². The number of rotatable bonds is 25. The van der Waals surface area contributed by atoms with Crippen molar-refractivity contribution in [1.29, 1.82) is 0 Å². The number of carboxylic acids is 3. The van der Waals surface area contributed by atoms with Gasteiger partial charge in [-0.05, 0) is 6.42 Å². The third kappa shape index (κ3) is 28.0. The minimum atomic E-state index is -5.46. The third-order valence-electron chi connectivity index (χ3n) is 6.55. The number of amides is 1. The van der Waals surface area contributed by atoms with Crippen LogP contribution in [0.3, 0.4) is 0 Å². The zero-order valence-corrected chi connectivity index (χ0v) is 35.3. The van der Waals surface area contributed by atoms with Crippen LogP contribution in [0.4, 0.5) is 0 Å². The van der Waals surface area contributed by atoms with Crippen molar-refractivity contribution >= 4 is 33.9 Å². The average molecular weight is 654 g/mol. The number of hydrogen-bond acceptors (Lipinski definition) is 10. The molecular weight excluding hydrogens is 610 g/mol. The molecule has 11 nitrogen and oxygen atoms in total. The van der Waals surface area contributed by atoms with Crippen LogP contribution in [0.5, 0.6) is 0 Å². The van der Waals surface area contributed by atoms with E-state index in [0.29, 0.717) is 11.3 Å². The standard InChI is InChI=1S/C26H47NO10S.4Na/c1-2-3-4-5-6-7-8-9-10-11-12-13-14-15-16-17-18-27(21(25(31)32)19-24(29)30)23(28)20-22(26(33)34)38(35,36)37;;;;/h21-22H,2-20H2,1H3,(H,29,30)(H,31,32)(H,33,34)(H,35,36,37);;;;/q;4*+1/p-4/t21-,22?;;;;/m1..../s1. The summed E-state index contributed by atoms with van der Waals surface area (Å²) >= 11 is 0. The van der Waals surface area contributed by atoms with Crippen LogP contribution in [0, 0.1) is 0 Å². The van der Waals surface area contributed by atoms with E-state index in [1.807, 2.05) is 0 Å². The fraction of sp³-hybridized carbons (Fsp3) is 0.846. The SMILES string of the molecule is CCCCCCCCCCCCCCCCCCN(C(=O)CC(C(=O)[O-])S(=O)(=O)[O-])[C@H](CC(=O)[O-])C(=O)[O-].[Na+].[Na+].[Na+].[Na+]. The number of carboxylic acid groups (broad SMARTS) is 3. The molecule has 0 rings (SSSR count). The number of carbonyl (C=O) groups excluding carboxylic acids is 4. The average Bonchev–Trinajstić information content (AvgIpc) is 2.82. The molecule has 0 saturated heterocycles. The Morgan fingerprint density at radius 2 is 0.952 bits per heavy atom. The van der Waals surface area contributed by atoms with Crippen molar-refractivity contribution in [1.82, 2.24) is 4.90 Å². The van der Waals surface area contributed by atoms with E-state index < -0.39 is 58.1 Å². The second kappa shape index (κ2) is 32.7. The van der Waals surface area contributed by atoms with Gasteiger partial charge in [0.1, 0.15) is 10.1 Å². The first-order chi connectivity index (χ1) is 17.9. The van der Waals surface area contributed by atoms with Gasteiger partial charge in [0.05, 0.1) is 23.2 Å². The summed E-state index contributed by atoms with van der Waals surface area (Å²) in [4.78, 5) is 46.5. The Kier molecular flexibility index (Phi) is 41.5. The van der Waals surface area contributed by atoms with Crippen LogP contribution in [0.2, 0.25) is 0 Å². The van der Waals surface area contributed by atoms with Crippen LogP contribution in [0.15, 0.2) is 0 Å². The monoisotopic (exact) mass is 653 g/mol. The van der Waals surface area contributed by atoms with Gasteiger partial charge in [-0.25, -0.2) is 8.42 Å². The van der Waals surface area contributed by atoms with E-state index in [-0.39, 0.29) is 131 Å². The van der Waals surface area contributed by atoms with Crippen LogP contribution in [-0.2, 0) is 29.3 Å². The van der Waals surface area contributed by atoms with Crippen LogP contribution < -0.4 is 134 Å². The minimum absolute atomic E-state index is 0. The molecule has 0 aliphatic rings. The Morgan fingerprint density at radius 1 is 0.595 bits per heavy atom. The van der Waals surface area contributed by atoms with E-state index in [1.54, 1.807) is 0 Å². The van der Waals surface area contributed by atoms with Crippen molar-refractivity contribution in [3.8, 4) is 0 Å². The molecule has 1 unspecified atom stereocenters. The Morgan fingerprint density at radius 3 is 1.24 bits per heavy atom. The molecule has 0 spiro atoms. The fourth-order valence-electron chi connectivity index (χ4n) is 4.34. The van der Waals surface area contributed by atoms with Gasteiger partial charge < -0.3 is 39.2 Å².